The number of aliphatic hydroxyl groups is 2. The molecule has 0 fully saturated rings. The fourth-order valence-electron chi connectivity index (χ4n) is 4.05. The Hall–Kier alpha value is -4.56. The van der Waals surface area contributed by atoms with Crippen molar-refractivity contribution >= 4 is 40.5 Å². The van der Waals surface area contributed by atoms with Gasteiger partial charge in [-0.1, -0.05) is 6.07 Å². The van der Waals surface area contributed by atoms with Crippen molar-refractivity contribution in [3.8, 4) is 11.5 Å². The van der Waals surface area contributed by atoms with Gasteiger partial charge in [0.05, 0.1) is 43.2 Å². The number of fused-ring (bicyclic) bond motifs is 2. The highest BCUT2D eigenvalue weighted by Gasteiger charge is 2.33. The van der Waals surface area contributed by atoms with Gasteiger partial charge in [0.25, 0.3) is 11.8 Å². The standard InChI is InChI=1S/C26H30N4O10/c1-9-7-8-13(23(34)29-16(11(3)31)25(36)38-5)18-21(9)40-22-10(2)20(33)15(27)14(19(22)28-18)24(35)30-17(12(4)32)26(37)39-6/h7-8,11-12,16-17,31-32H,27H2,1-6H3,(H,29,34)(H,30,35). The monoisotopic (exact) mass is 558 g/mol. The molecule has 3 rings (SSSR count). The number of aliphatic hydroxyl groups excluding tert-OH is 2. The third kappa shape index (κ3) is 5.44. The van der Waals surface area contributed by atoms with Gasteiger partial charge in [-0.15, -0.1) is 0 Å². The first-order chi connectivity index (χ1) is 18.7. The number of nitrogens with zero attached hydrogens (tertiary/aromatic N) is 1. The number of aromatic nitrogens is 1. The Bertz CT molecular complexity index is 1530. The summed E-state index contributed by atoms with van der Waals surface area (Å²) in [6.45, 7) is 5.63. The van der Waals surface area contributed by atoms with Crippen LogP contribution in [-0.4, -0.2) is 77.5 Å². The van der Waals surface area contributed by atoms with Crippen LogP contribution in [0.4, 0.5) is 5.69 Å². The summed E-state index contributed by atoms with van der Waals surface area (Å²) in [5.74, 6) is -3.78. The van der Waals surface area contributed by atoms with E-state index in [4.69, 9.17) is 10.2 Å². The van der Waals surface area contributed by atoms with Crippen LogP contribution in [0.2, 0.25) is 0 Å². The highest BCUT2D eigenvalue weighted by molar-refractivity contribution is 6.09. The molecular weight excluding hydrogens is 528 g/mol. The van der Waals surface area contributed by atoms with Crippen molar-refractivity contribution in [1.29, 1.82) is 0 Å². The maximum absolute atomic E-state index is 13.3. The first kappa shape index (κ1) is 30.0. The Morgan fingerprint density at radius 1 is 0.950 bits per heavy atom. The molecule has 1 aromatic carbocycles. The molecule has 2 aliphatic rings. The van der Waals surface area contributed by atoms with Crippen LogP contribution in [-0.2, 0) is 19.1 Å². The highest BCUT2D eigenvalue weighted by atomic mass is 16.5. The zero-order chi connectivity index (χ0) is 30.0. The molecule has 4 unspecified atom stereocenters. The number of ether oxygens (including phenoxy) is 2. The molecule has 1 aliphatic heterocycles. The molecule has 14 heteroatoms. The number of carbonyl (C=O) groups is 4. The van der Waals surface area contributed by atoms with Gasteiger partial charge < -0.3 is 40.5 Å². The predicted molar refractivity (Wildman–Crippen MR) is 141 cm³/mol. The third-order valence-corrected chi connectivity index (χ3v) is 6.32. The number of hydrogen-bond donors (Lipinski definition) is 5. The van der Waals surface area contributed by atoms with Crippen molar-refractivity contribution in [2.24, 2.45) is 0 Å². The number of anilines is 1. The van der Waals surface area contributed by atoms with Crippen LogP contribution in [0, 0.1) is 13.8 Å². The molecule has 14 nitrogen and oxygen atoms in total. The Labute approximate surface area is 227 Å². The number of esters is 2. The Kier molecular flexibility index (Phi) is 8.75. The second-order valence-electron chi connectivity index (χ2n) is 9.17. The van der Waals surface area contributed by atoms with Crippen LogP contribution in [0.3, 0.4) is 0 Å². The van der Waals surface area contributed by atoms with Crippen LogP contribution in [0.1, 0.15) is 45.7 Å². The maximum atomic E-state index is 13.3. The maximum Gasteiger partial charge on any atom is 0.331 e. The van der Waals surface area contributed by atoms with Crippen molar-refractivity contribution in [2.75, 3.05) is 20.0 Å². The molecule has 40 heavy (non-hydrogen) atoms. The second-order valence-corrected chi connectivity index (χ2v) is 9.17. The van der Waals surface area contributed by atoms with Crippen LogP contribution >= 0.6 is 0 Å². The van der Waals surface area contributed by atoms with Crippen LogP contribution < -0.4 is 21.8 Å². The quantitative estimate of drug-likeness (QED) is 0.138. The lowest BCUT2D eigenvalue weighted by Gasteiger charge is -2.22. The molecule has 214 valence electrons. The van der Waals surface area contributed by atoms with E-state index in [1.807, 2.05) is 0 Å². The summed E-state index contributed by atoms with van der Waals surface area (Å²) >= 11 is 0. The first-order valence-electron chi connectivity index (χ1n) is 12.0. The molecule has 2 amide bonds. The summed E-state index contributed by atoms with van der Waals surface area (Å²) in [5.41, 5.74) is 4.68. The summed E-state index contributed by atoms with van der Waals surface area (Å²) < 4.78 is 15.3. The van der Waals surface area contributed by atoms with Crippen molar-refractivity contribution in [3.63, 3.8) is 0 Å². The fraction of sp³-hybridized carbons (Fsp3) is 0.385. The molecule has 0 radical (unpaired) electrons. The molecule has 0 spiro atoms. The molecule has 0 aromatic heterocycles. The Morgan fingerprint density at radius 3 is 1.98 bits per heavy atom. The normalized spacial score (nSPS) is 14.2. The Balaban J connectivity index is 2.29. The van der Waals surface area contributed by atoms with Crippen molar-refractivity contribution < 1.29 is 43.3 Å². The average Bonchev–Trinajstić information content (AvgIpc) is 2.91. The van der Waals surface area contributed by atoms with E-state index in [0.717, 1.165) is 14.2 Å². The summed E-state index contributed by atoms with van der Waals surface area (Å²) in [6, 6.07) is 0.0477. The Morgan fingerprint density at radius 2 is 1.48 bits per heavy atom. The minimum atomic E-state index is -1.50. The van der Waals surface area contributed by atoms with Gasteiger partial charge in [-0.2, -0.15) is 0 Å². The van der Waals surface area contributed by atoms with Crippen molar-refractivity contribution in [2.45, 2.75) is 52.0 Å². The smallest absolute Gasteiger partial charge is 0.331 e. The van der Waals surface area contributed by atoms with Gasteiger partial charge in [0.15, 0.2) is 23.4 Å². The van der Waals surface area contributed by atoms with E-state index in [1.165, 1.54) is 26.8 Å². The lowest BCUT2D eigenvalue weighted by atomic mass is 9.99. The van der Waals surface area contributed by atoms with Gasteiger partial charge in [0, 0.05) is 5.56 Å². The number of amides is 2. The number of hydrogen-bond acceptors (Lipinski definition) is 12. The molecule has 1 heterocycles. The predicted octanol–water partition coefficient (Wildman–Crippen LogP) is -0.204. The zero-order valence-corrected chi connectivity index (χ0v) is 22.6. The van der Waals surface area contributed by atoms with Crippen molar-refractivity contribution in [3.05, 3.63) is 44.6 Å². The van der Waals surface area contributed by atoms with E-state index < -0.39 is 64.7 Å². The number of nitrogens with two attached hydrogens (primary N) is 1. The van der Waals surface area contributed by atoms with Crippen LogP contribution in [0.15, 0.2) is 21.3 Å². The van der Waals surface area contributed by atoms with Crippen LogP contribution in [0.25, 0.3) is 22.6 Å². The molecule has 4 atom stereocenters. The lowest BCUT2D eigenvalue weighted by molar-refractivity contribution is -0.146. The summed E-state index contributed by atoms with van der Waals surface area (Å²) in [6.07, 6.45) is -2.66. The van der Waals surface area contributed by atoms with Gasteiger partial charge in [0.1, 0.15) is 11.2 Å². The zero-order valence-electron chi connectivity index (χ0n) is 22.6. The fourth-order valence-corrected chi connectivity index (χ4v) is 4.05. The average molecular weight is 559 g/mol. The van der Waals surface area contributed by atoms with E-state index in [0.29, 0.717) is 5.56 Å². The SMILES string of the molecule is COC(=O)C(NC(=O)c1c2nc3c(C(=O)NC(C(=O)OC)C(C)O)ccc(C)c3oc-2c(C)c(=O)c1N)C(C)O. The summed E-state index contributed by atoms with van der Waals surface area (Å²) in [5, 5.41) is 24.6. The second kappa shape index (κ2) is 11.7. The lowest BCUT2D eigenvalue weighted by Crippen LogP contribution is -2.48. The minimum Gasteiger partial charge on any atom is -0.467 e. The van der Waals surface area contributed by atoms with E-state index in [-0.39, 0.29) is 33.7 Å². The molecule has 0 saturated heterocycles. The summed E-state index contributed by atoms with van der Waals surface area (Å²) in [7, 11) is 2.17. The number of benzene rings is 2. The van der Waals surface area contributed by atoms with Gasteiger partial charge in [-0.3, -0.25) is 14.4 Å². The molecular formula is C26H30N4O10. The minimum absolute atomic E-state index is 0.0348. The van der Waals surface area contributed by atoms with Crippen molar-refractivity contribution in [1.82, 2.24) is 15.6 Å². The van der Waals surface area contributed by atoms with E-state index in [9.17, 15) is 34.2 Å². The molecule has 1 aliphatic carbocycles. The van der Waals surface area contributed by atoms with E-state index in [1.54, 1.807) is 13.0 Å². The first-order valence-corrected chi connectivity index (χ1v) is 12.0. The van der Waals surface area contributed by atoms with Gasteiger partial charge >= 0.3 is 11.9 Å². The van der Waals surface area contributed by atoms with Gasteiger partial charge in [-0.05, 0) is 39.3 Å². The molecule has 0 bridgehead atoms. The number of carbonyl (C=O) groups excluding carboxylic acids is 4. The number of methoxy groups -OCH3 is 2. The molecule has 0 saturated carbocycles. The van der Waals surface area contributed by atoms with Gasteiger partial charge in [-0.25, -0.2) is 14.6 Å². The number of nitrogen functional groups attached to an aromatic ring is 1. The molecule has 1 aromatic rings. The third-order valence-electron chi connectivity index (χ3n) is 6.32. The van der Waals surface area contributed by atoms with E-state index in [2.05, 4.69) is 25.1 Å². The van der Waals surface area contributed by atoms with Crippen LogP contribution in [0.5, 0.6) is 0 Å². The van der Waals surface area contributed by atoms with E-state index >= 15 is 0 Å². The highest BCUT2D eigenvalue weighted by Crippen LogP contribution is 2.34. The molecule has 6 N–H and O–H groups in total. The summed E-state index contributed by atoms with van der Waals surface area (Å²) in [4.78, 5) is 68.2. The number of nitrogens with one attached hydrogen (secondary N) is 2. The number of rotatable bonds is 8. The topological polar surface area (TPSA) is 220 Å². The largest absolute Gasteiger partial charge is 0.467 e. The van der Waals surface area contributed by atoms with Gasteiger partial charge in [0.2, 0.25) is 5.43 Å². The number of aryl methyl sites for hydroxylation is 1.